The summed E-state index contributed by atoms with van der Waals surface area (Å²) < 4.78 is 23.0. The zero-order valence-electron chi connectivity index (χ0n) is 9.85. The van der Waals surface area contributed by atoms with E-state index in [1.54, 1.807) is 5.06 Å². The molecule has 0 aromatic carbocycles. The predicted molar refractivity (Wildman–Crippen MR) is 70.4 cm³/mol. The molecule has 1 aliphatic heterocycles. The molecule has 1 unspecified atom stereocenters. The first-order valence-electron chi connectivity index (χ1n) is 5.79. The summed E-state index contributed by atoms with van der Waals surface area (Å²) in [5.41, 5.74) is 5.43. The van der Waals surface area contributed by atoms with Gasteiger partial charge in [0.15, 0.2) is 0 Å². The van der Waals surface area contributed by atoms with Crippen LogP contribution in [-0.4, -0.2) is 80.1 Å². The summed E-state index contributed by atoms with van der Waals surface area (Å²) in [6.45, 7) is 5.87. The van der Waals surface area contributed by atoms with Crippen molar-refractivity contribution in [1.29, 1.82) is 0 Å². The molecule has 8 heteroatoms. The first-order chi connectivity index (χ1) is 7.70. The van der Waals surface area contributed by atoms with Crippen LogP contribution in [0.15, 0.2) is 0 Å². The third-order valence-corrected chi connectivity index (χ3v) is 4.07. The van der Waals surface area contributed by atoms with Crippen LogP contribution >= 0.6 is 7.60 Å². The first-order valence-corrected chi connectivity index (χ1v) is 7.52. The van der Waals surface area contributed by atoms with Crippen molar-refractivity contribution in [2.45, 2.75) is 13.3 Å². The van der Waals surface area contributed by atoms with Crippen molar-refractivity contribution in [3.05, 3.63) is 0 Å². The Kier molecular flexibility index (Phi) is 10.5. The van der Waals surface area contributed by atoms with Gasteiger partial charge in [-0.25, -0.2) is 4.62 Å². The molecule has 1 atom stereocenters. The third-order valence-electron chi connectivity index (χ3n) is 2.21. The Morgan fingerprint density at radius 3 is 2.59 bits per heavy atom. The van der Waals surface area contributed by atoms with Crippen LogP contribution in [0.2, 0.25) is 0 Å². The monoisotopic (exact) mass is 275 g/mol. The molecule has 1 aliphatic rings. The van der Waals surface area contributed by atoms with Crippen molar-refractivity contribution < 1.29 is 13.7 Å². The van der Waals surface area contributed by atoms with Crippen molar-refractivity contribution in [3.8, 4) is 0 Å². The summed E-state index contributed by atoms with van der Waals surface area (Å²) in [5.74, 6) is 0. The van der Waals surface area contributed by atoms with Gasteiger partial charge < -0.3 is 15.6 Å². The van der Waals surface area contributed by atoms with Gasteiger partial charge in [-0.15, -0.1) is 0 Å². The van der Waals surface area contributed by atoms with Gasteiger partial charge in [0, 0.05) is 32.7 Å². The van der Waals surface area contributed by atoms with Gasteiger partial charge in [-0.3, -0.25) is 4.57 Å². The van der Waals surface area contributed by atoms with E-state index < -0.39 is 7.60 Å². The Morgan fingerprint density at radius 2 is 2.06 bits per heavy atom. The second kappa shape index (κ2) is 9.89. The van der Waals surface area contributed by atoms with Gasteiger partial charge in [0.05, 0.1) is 12.8 Å². The number of nitrogens with zero attached hydrogens (tertiary/aromatic N) is 1. The average molecular weight is 275 g/mol. The summed E-state index contributed by atoms with van der Waals surface area (Å²) >= 11 is 0. The summed E-state index contributed by atoms with van der Waals surface area (Å²) in [6, 6.07) is 0. The van der Waals surface area contributed by atoms with E-state index in [2.05, 4.69) is 5.32 Å². The zero-order valence-corrected chi connectivity index (χ0v) is 10.7. The van der Waals surface area contributed by atoms with Crippen LogP contribution in [0.3, 0.4) is 0 Å². The Hall–Kier alpha value is 1.03. The maximum atomic E-state index is 12.3. The average Bonchev–Trinajstić information content (AvgIpc) is 2.28. The number of hydrogen-bond acceptors (Lipinski definition) is 6. The van der Waals surface area contributed by atoms with E-state index >= 15 is 0 Å². The summed E-state index contributed by atoms with van der Waals surface area (Å²) in [6.07, 6.45) is 1.09. The van der Waals surface area contributed by atoms with Gasteiger partial charge in [0.1, 0.15) is 0 Å². The van der Waals surface area contributed by atoms with Gasteiger partial charge in [-0.05, 0) is 6.42 Å². The van der Waals surface area contributed by atoms with Crippen LogP contribution in [-0.2, 0) is 13.7 Å². The van der Waals surface area contributed by atoms with Crippen LogP contribution < -0.4 is 11.1 Å². The van der Waals surface area contributed by atoms with Crippen LogP contribution in [0.25, 0.3) is 0 Å². The molecule has 0 bridgehead atoms. The molecule has 0 aromatic rings. The van der Waals surface area contributed by atoms with Crippen molar-refractivity contribution in [3.63, 3.8) is 0 Å². The molecule has 3 N–H and O–H groups in total. The van der Waals surface area contributed by atoms with E-state index in [1.165, 1.54) is 0 Å². The normalized spacial score (nSPS) is 20.6. The van der Waals surface area contributed by atoms with Crippen molar-refractivity contribution >= 4 is 37.2 Å². The van der Waals surface area contributed by atoms with E-state index in [0.717, 1.165) is 32.6 Å². The summed E-state index contributed by atoms with van der Waals surface area (Å²) in [4.78, 5) is 0. The van der Waals surface area contributed by atoms with Crippen molar-refractivity contribution in [2.24, 2.45) is 5.73 Å². The Balaban J connectivity index is 0.00000256. The molecule has 1 fully saturated rings. The number of nitrogens with one attached hydrogen (secondary N) is 1. The molecule has 1 saturated heterocycles. The quantitative estimate of drug-likeness (QED) is 0.493. The van der Waals surface area contributed by atoms with Gasteiger partial charge in [-0.1, -0.05) is 6.92 Å². The second-order valence-corrected chi connectivity index (χ2v) is 5.81. The van der Waals surface area contributed by atoms with Crippen LogP contribution in [0.5, 0.6) is 0 Å². The minimum atomic E-state index is -3.03. The number of nitrogens with two attached hydrogens (primary N) is 1. The molecular formula is C9H23N3NaO3P. The second-order valence-electron chi connectivity index (χ2n) is 3.72. The summed E-state index contributed by atoms with van der Waals surface area (Å²) in [7, 11) is -3.03. The van der Waals surface area contributed by atoms with E-state index in [4.69, 9.17) is 14.9 Å². The van der Waals surface area contributed by atoms with Crippen molar-refractivity contribution in [2.75, 3.05) is 45.5 Å². The first kappa shape index (κ1) is 18.0. The van der Waals surface area contributed by atoms with E-state index in [0.29, 0.717) is 13.2 Å². The van der Waals surface area contributed by atoms with Gasteiger partial charge >= 0.3 is 37.2 Å². The predicted octanol–water partition coefficient (Wildman–Crippen LogP) is -0.247. The van der Waals surface area contributed by atoms with Crippen LogP contribution in [0, 0.1) is 0 Å². The molecule has 6 nitrogen and oxygen atoms in total. The van der Waals surface area contributed by atoms with Crippen LogP contribution in [0.4, 0.5) is 0 Å². The topological polar surface area (TPSA) is 76.8 Å². The molecule has 0 aliphatic carbocycles. The summed E-state index contributed by atoms with van der Waals surface area (Å²) in [5, 5.41) is 4.91. The molecule has 0 saturated carbocycles. The molecule has 0 radical (unpaired) electrons. The molecule has 1 heterocycles. The number of hydroxylamine groups is 2. The van der Waals surface area contributed by atoms with Gasteiger partial charge in [0.2, 0.25) is 0 Å². The van der Waals surface area contributed by atoms with Gasteiger partial charge in [-0.2, -0.15) is 5.06 Å². The fraction of sp³-hybridized carbons (Fsp3) is 1.00. The zero-order chi connectivity index (χ0) is 11.9. The third kappa shape index (κ3) is 7.25. The molecule has 98 valence electrons. The van der Waals surface area contributed by atoms with E-state index in [-0.39, 0.29) is 35.7 Å². The molecule has 0 aromatic heterocycles. The fourth-order valence-corrected chi connectivity index (χ4v) is 2.97. The molecule has 17 heavy (non-hydrogen) atoms. The van der Waals surface area contributed by atoms with E-state index in [1.807, 2.05) is 6.92 Å². The van der Waals surface area contributed by atoms with E-state index in [9.17, 15) is 4.57 Å². The molecule has 1 rings (SSSR count). The number of hydrogen-bond donors (Lipinski definition) is 2. The maximum absolute atomic E-state index is 12.3. The molecule has 0 amide bonds. The Bertz CT molecular complexity index is 240. The van der Waals surface area contributed by atoms with Gasteiger partial charge in [0.25, 0.3) is 0 Å². The molecular weight excluding hydrogens is 252 g/mol. The SMILES string of the molecule is CCCOP(=O)(CCN)ON1CCNCC1.[NaH]. The minimum absolute atomic E-state index is 0. The Morgan fingerprint density at radius 1 is 1.41 bits per heavy atom. The Labute approximate surface area is 125 Å². The number of rotatable bonds is 7. The van der Waals surface area contributed by atoms with Crippen molar-refractivity contribution in [1.82, 2.24) is 10.4 Å². The number of piperazine rings is 1. The molecule has 0 spiro atoms. The standard InChI is InChI=1S/C9H22N3O3P.Na.H/c1-2-8-14-16(13,9-3-10)15-12-6-4-11-5-7-12;;/h11H,2-10H2,1H3;;. The fourth-order valence-electron chi connectivity index (χ4n) is 1.42. The van der Waals surface area contributed by atoms with Crippen LogP contribution in [0.1, 0.15) is 13.3 Å².